The number of hydrogen-bond acceptors (Lipinski definition) is 2. The summed E-state index contributed by atoms with van der Waals surface area (Å²) in [5.74, 6) is 0. The number of benzene rings is 2. The average molecular weight is 390 g/mol. The Balaban J connectivity index is 2.10. The normalized spacial score (nSPS) is 13.4. The van der Waals surface area contributed by atoms with Crippen molar-refractivity contribution in [2.24, 2.45) is 0 Å². The van der Waals surface area contributed by atoms with Gasteiger partial charge in [-0.15, -0.1) is 0 Å². The molecule has 0 aliphatic rings. The van der Waals surface area contributed by atoms with E-state index < -0.39 is 8.32 Å². The molecule has 0 N–H and O–H groups in total. The van der Waals surface area contributed by atoms with Gasteiger partial charge >= 0.3 is 0 Å². The van der Waals surface area contributed by atoms with E-state index in [9.17, 15) is 0 Å². The lowest BCUT2D eigenvalue weighted by Crippen LogP contribution is -2.42. The van der Waals surface area contributed by atoms with E-state index in [2.05, 4.69) is 101 Å². The van der Waals surface area contributed by atoms with Crippen LogP contribution in [0.25, 0.3) is 11.1 Å². The van der Waals surface area contributed by atoms with Crippen molar-refractivity contribution in [2.75, 3.05) is 0 Å². The zero-order chi connectivity index (χ0) is 20.4. The van der Waals surface area contributed by atoms with Gasteiger partial charge in [-0.25, -0.2) is 0 Å². The van der Waals surface area contributed by atoms with Crippen LogP contribution in [-0.4, -0.2) is 13.3 Å². The molecule has 1 heterocycles. The first-order valence-electron chi connectivity index (χ1n) is 9.94. The van der Waals surface area contributed by atoms with Crippen LogP contribution in [0.1, 0.15) is 43.8 Å². The molecule has 1 aromatic heterocycles. The Morgan fingerprint density at radius 2 is 1.39 bits per heavy atom. The molecule has 1 atom stereocenters. The predicted molar refractivity (Wildman–Crippen MR) is 121 cm³/mol. The van der Waals surface area contributed by atoms with Gasteiger partial charge in [-0.3, -0.25) is 4.98 Å². The molecule has 146 valence electrons. The standard InChI is InChI=1S/C25H31NOSi/c1-19-17-22(20-13-9-7-10-14-20)18-23(26-19)24(21-15-11-8-12-16-21)27-28(5,6)25(2,3)4/h7-18,24H,1-6H3/t24-/m1/s1. The minimum atomic E-state index is -1.99. The Bertz CT molecular complexity index is 914. The third-order valence-corrected chi connectivity index (χ3v) is 10.1. The lowest BCUT2D eigenvalue weighted by atomic mass is 10.0. The predicted octanol–water partition coefficient (Wildman–Crippen LogP) is 7.17. The molecule has 0 amide bonds. The van der Waals surface area contributed by atoms with E-state index in [1.807, 2.05) is 12.1 Å². The second kappa shape index (κ2) is 8.02. The molecule has 0 saturated heterocycles. The van der Waals surface area contributed by atoms with Crippen LogP contribution in [0, 0.1) is 6.92 Å². The summed E-state index contributed by atoms with van der Waals surface area (Å²) in [6, 6.07) is 25.3. The van der Waals surface area contributed by atoms with Gasteiger partial charge in [0.05, 0.1) is 5.69 Å². The first-order chi connectivity index (χ1) is 13.2. The Morgan fingerprint density at radius 1 is 0.821 bits per heavy atom. The molecule has 3 aromatic rings. The minimum Gasteiger partial charge on any atom is -0.404 e. The van der Waals surface area contributed by atoms with Gasteiger partial charge in [0.25, 0.3) is 0 Å². The lowest BCUT2D eigenvalue weighted by molar-refractivity contribution is 0.217. The summed E-state index contributed by atoms with van der Waals surface area (Å²) in [7, 11) is -1.99. The summed E-state index contributed by atoms with van der Waals surface area (Å²) in [6.45, 7) is 13.5. The Morgan fingerprint density at radius 3 is 1.96 bits per heavy atom. The second-order valence-electron chi connectivity index (χ2n) is 8.96. The molecule has 0 aliphatic heterocycles. The van der Waals surface area contributed by atoms with E-state index in [0.29, 0.717) is 0 Å². The number of pyridine rings is 1. The molecule has 0 bridgehead atoms. The SMILES string of the molecule is Cc1cc(-c2ccccc2)cc([C@H](O[Si](C)(C)C(C)(C)C)c2ccccc2)n1. The van der Waals surface area contributed by atoms with Crippen LogP contribution in [0.3, 0.4) is 0 Å². The first kappa shape index (κ1) is 20.5. The van der Waals surface area contributed by atoms with Crippen molar-refractivity contribution in [2.45, 2.75) is 51.9 Å². The summed E-state index contributed by atoms with van der Waals surface area (Å²) in [6.07, 6.45) is -0.163. The molecule has 0 unspecified atom stereocenters. The van der Waals surface area contributed by atoms with Gasteiger partial charge in [0.1, 0.15) is 6.10 Å². The molecule has 3 rings (SSSR count). The fraction of sp³-hybridized carbons (Fsp3) is 0.320. The highest BCUT2D eigenvalue weighted by Gasteiger charge is 2.40. The maximum atomic E-state index is 6.90. The van der Waals surface area contributed by atoms with Crippen molar-refractivity contribution >= 4 is 8.32 Å². The maximum Gasteiger partial charge on any atom is 0.193 e. The van der Waals surface area contributed by atoms with Crippen LogP contribution in [0.4, 0.5) is 0 Å². The summed E-state index contributed by atoms with van der Waals surface area (Å²) in [5.41, 5.74) is 5.53. The van der Waals surface area contributed by atoms with Crippen LogP contribution in [0.2, 0.25) is 18.1 Å². The van der Waals surface area contributed by atoms with E-state index in [1.54, 1.807) is 0 Å². The highest BCUT2D eigenvalue weighted by molar-refractivity contribution is 6.74. The van der Waals surface area contributed by atoms with Crippen molar-refractivity contribution in [3.63, 3.8) is 0 Å². The van der Waals surface area contributed by atoms with E-state index >= 15 is 0 Å². The molecule has 28 heavy (non-hydrogen) atoms. The van der Waals surface area contributed by atoms with Crippen LogP contribution in [0.5, 0.6) is 0 Å². The van der Waals surface area contributed by atoms with Gasteiger partial charge < -0.3 is 4.43 Å². The zero-order valence-electron chi connectivity index (χ0n) is 17.9. The third kappa shape index (κ3) is 4.60. The van der Waals surface area contributed by atoms with E-state index in [-0.39, 0.29) is 11.1 Å². The summed E-state index contributed by atoms with van der Waals surface area (Å²) in [4.78, 5) is 4.90. The second-order valence-corrected chi connectivity index (χ2v) is 13.7. The summed E-state index contributed by atoms with van der Waals surface area (Å²) < 4.78 is 6.90. The molecule has 0 saturated carbocycles. The number of nitrogens with zero attached hydrogens (tertiary/aromatic N) is 1. The smallest absolute Gasteiger partial charge is 0.193 e. The Hall–Kier alpha value is -2.23. The van der Waals surface area contributed by atoms with Gasteiger partial charge in [0, 0.05) is 5.69 Å². The third-order valence-electron chi connectivity index (χ3n) is 5.67. The highest BCUT2D eigenvalue weighted by Crippen LogP contribution is 2.41. The fourth-order valence-electron chi connectivity index (χ4n) is 3.02. The first-order valence-corrected chi connectivity index (χ1v) is 12.8. The molecular weight excluding hydrogens is 358 g/mol. The fourth-order valence-corrected chi connectivity index (χ4v) is 4.22. The monoisotopic (exact) mass is 389 g/mol. The van der Waals surface area contributed by atoms with Crippen molar-refractivity contribution in [1.29, 1.82) is 0 Å². The largest absolute Gasteiger partial charge is 0.404 e. The van der Waals surface area contributed by atoms with Gasteiger partial charge in [0.15, 0.2) is 8.32 Å². The number of aryl methyl sites for hydroxylation is 1. The van der Waals surface area contributed by atoms with Gasteiger partial charge in [0.2, 0.25) is 0 Å². The molecule has 0 radical (unpaired) electrons. The molecule has 3 heteroatoms. The van der Waals surface area contributed by atoms with E-state index in [4.69, 9.17) is 9.41 Å². The molecule has 2 nitrogen and oxygen atoms in total. The van der Waals surface area contributed by atoms with Crippen LogP contribution in [0.15, 0.2) is 72.8 Å². The van der Waals surface area contributed by atoms with Crippen LogP contribution in [-0.2, 0) is 4.43 Å². The molecule has 2 aromatic carbocycles. The van der Waals surface area contributed by atoms with Crippen molar-refractivity contribution in [3.05, 3.63) is 89.7 Å². The number of aromatic nitrogens is 1. The minimum absolute atomic E-state index is 0.131. The highest BCUT2D eigenvalue weighted by atomic mass is 28.4. The van der Waals surface area contributed by atoms with Crippen molar-refractivity contribution in [1.82, 2.24) is 4.98 Å². The van der Waals surface area contributed by atoms with E-state index in [1.165, 1.54) is 11.1 Å². The lowest BCUT2D eigenvalue weighted by Gasteiger charge is -2.39. The number of rotatable bonds is 5. The molecular formula is C25H31NOSi. The Kier molecular flexibility index (Phi) is 5.87. The molecule has 0 fully saturated rings. The molecule has 0 spiro atoms. The van der Waals surface area contributed by atoms with Crippen LogP contribution < -0.4 is 0 Å². The van der Waals surface area contributed by atoms with Crippen LogP contribution >= 0.6 is 0 Å². The van der Waals surface area contributed by atoms with Crippen molar-refractivity contribution in [3.8, 4) is 11.1 Å². The van der Waals surface area contributed by atoms with E-state index in [0.717, 1.165) is 17.0 Å². The van der Waals surface area contributed by atoms with Gasteiger partial charge in [-0.2, -0.15) is 0 Å². The van der Waals surface area contributed by atoms with Gasteiger partial charge in [-0.1, -0.05) is 81.4 Å². The average Bonchev–Trinajstić information content (AvgIpc) is 2.66. The van der Waals surface area contributed by atoms with Crippen molar-refractivity contribution < 1.29 is 4.43 Å². The zero-order valence-corrected chi connectivity index (χ0v) is 18.9. The summed E-state index contributed by atoms with van der Waals surface area (Å²) in [5, 5.41) is 0.131. The number of hydrogen-bond donors (Lipinski definition) is 0. The van der Waals surface area contributed by atoms with Gasteiger partial charge in [-0.05, 0) is 53.9 Å². The molecule has 0 aliphatic carbocycles. The topological polar surface area (TPSA) is 22.1 Å². The quantitative estimate of drug-likeness (QED) is 0.432. The summed E-state index contributed by atoms with van der Waals surface area (Å²) >= 11 is 0. The Labute approximate surface area is 170 Å². The maximum absolute atomic E-state index is 6.90.